The summed E-state index contributed by atoms with van der Waals surface area (Å²) < 4.78 is 6.18. The zero-order valence-electron chi connectivity index (χ0n) is 9.57. The Hall–Kier alpha value is -2.63. The highest BCUT2D eigenvalue weighted by Crippen LogP contribution is 2.19. The van der Waals surface area contributed by atoms with E-state index in [2.05, 4.69) is 4.74 Å². The number of methoxy groups -OCH3 is 1. The van der Waals surface area contributed by atoms with Gasteiger partial charge in [0.15, 0.2) is 0 Å². The Morgan fingerprint density at radius 1 is 1.33 bits per heavy atom. The van der Waals surface area contributed by atoms with Crippen molar-refractivity contribution in [2.75, 3.05) is 7.11 Å². The first-order chi connectivity index (χ1) is 8.63. The summed E-state index contributed by atoms with van der Waals surface area (Å²) in [5.74, 6) is -0.484. The van der Waals surface area contributed by atoms with Crippen LogP contribution >= 0.6 is 0 Å². The van der Waals surface area contributed by atoms with Gasteiger partial charge in [0.2, 0.25) is 0 Å². The fourth-order valence-corrected chi connectivity index (χ4v) is 1.62. The molecule has 0 aliphatic rings. The van der Waals surface area contributed by atoms with E-state index < -0.39 is 10.9 Å². The molecule has 0 bridgehead atoms. The summed E-state index contributed by atoms with van der Waals surface area (Å²) in [6, 6.07) is 8.11. The van der Waals surface area contributed by atoms with Crippen molar-refractivity contribution >= 4 is 11.7 Å². The Kier molecular flexibility index (Phi) is 3.09. The Morgan fingerprint density at radius 3 is 2.67 bits per heavy atom. The topological polar surface area (TPSA) is 74.4 Å². The number of esters is 1. The van der Waals surface area contributed by atoms with E-state index >= 15 is 0 Å². The van der Waals surface area contributed by atoms with Crippen molar-refractivity contribution in [3.63, 3.8) is 0 Å². The molecule has 0 unspecified atom stereocenters. The van der Waals surface area contributed by atoms with Gasteiger partial charge in [0.25, 0.3) is 5.69 Å². The normalized spacial score (nSPS) is 10.1. The molecule has 1 heterocycles. The van der Waals surface area contributed by atoms with E-state index in [1.807, 2.05) is 0 Å². The van der Waals surface area contributed by atoms with Crippen LogP contribution in [0.2, 0.25) is 0 Å². The average molecular weight is 246 g/mol. The molecule has 0 aliphatic carbocycles. The molecule has 2 rings (SSSR count). The Balaban J connectivity index is 2.49. The fraction of sp³-hybridized carbons (Fsp3) is 0.0833. The van der Waals surface area contributed by atoms with Gasteiger partial charge in [-0.2, -0.15) is 0 Å². The van der Waals surface area contributed by atoms with Crippen molar-refractivity contribution in [2.24, 2.45) is 0 Å². The number of benzene rings is 1. The Bertz CT molecular complexity index is 604. The lowest BCUT2D eigenvalue weighted by atomic mass is 10.2. The molecular formula is C12H10N2O4. The molecule has 6 heteroatoms. The Labute approximate surface area is 103 Å². The smallest absolute Gasteiger partial charge is 0.339 e. The number of hydrogen-bond donors (Lipinski definition) is 0. The van der Waals surface area contributed by atoms with Crippen LogP contribution in [0.3, 0.4) is 0 Å². The minimum Gasteiger partial charge on any atom is -0.465 e. The highest BCUT2D eigenvalue weighted by Gasteiger charge is 2.14. The van der Waals surface area contributed by atoms with Crippen molar-refractivity contribution in [2.45, 2.75) is 0 Å². The van der Waals surface area contributed by atoms with Crippen molar-refractivity contribution in [1.82, 2.24) is 4.57 Å². The lowest BCUT2D eigenvalue weighted by molar-refractivity contribution is -0.384. The first kappa shape index (κ1) is 11.8. The van der Waals surface area contributed by atoms with E-state index in [1.165, 1.54) is 30.1 Å². The Morgan fingerprint density at radius 2 is 2.06 bits per heavy atom. The predicted octanol–water partition coefficient (Wildman–Crippen LogP) is 2.17. The molecule has 0 saturated heterocycles. The molecule has 2 aromatic rings. The highest BCUT2D eigenvalue weighted by molar-refractivity contribution is 5.93. The number of aromatic nitrogens is 1. The molecule has 1 aromatic carbocycles. The molecule has 0 saturated carbocycles. The van der Waals surface area contributed by atoms with Crippen LogP contribution in [0.1, 0.15) is 10.4 Å². The summed E-state index contributed by atoms with van der Waals surface area (Å²) in [7, 11) is 1.29. The van der Waals surface area contributed by atoms with Crippen LogP contribution in [0.5, 0.6) is 0 Å². The molecule has 0 fully saturated rings. The summed E-state index contributed by atoms with van der Waals surface area (Å²) in [6.07, 6.45) is 2.88. The van der Waals surface area contributed by atoms with E-state index in [4.69, 9.17) is 0 Å². The molecule has 1 aromatic heterocycles. The second-order valence-electron chi connectivity index (χ2n) is 3.54. The summed E-state index contributed by atoms with van der Waals surface area (Å²) in [6.45, 7) is 0. The minimum absolute atomic E-state index is 0.0327. The molecule has 18 heavy (non-hydrogen) atoms. The number of hydrogen-bond acceptors (Lipinski definition) is 4. The van der Waals surface area contributed by atoms with Crippen LogP contribution in [0.15, 0.2) is 42.7 Å². The third-order valence-electron chi connectivity index (χ3n) is 2.48. The molecule has 0 atom stereocenters. The van der Waals surface area contributed by atoms with Crippen LogP contribution in [0, 0.1) is 10.1 Å². The molecular weight excluding hydrogens is 236 g/mol. The second kappa shape index (κ2) is 4.70. The quantitative estimate of drug-likeness (QED) is 0.472. The van der Waals surface area contributed by atoms with Gasteiger partial charge in [-0.3, -0.25) is 10.1 Å². The van der Waals surface area contributed by atoms with Crippen molar-refractivity contribution < 1.29 is 14.5 Å². The molecule has 0 N–H and O–H groups in total. The minimum atomic E-state index is -0.489. The average Bonchev–Trinajstić information content (AvgIpc) is 2.87. The maximum atomic E-state index is 11.6. The van der Waals surface area contributed by atoms with E-state index in [1.54, 1.807) is 24.3 Å². The molecule has 0 spiro atoms. The number of rotatable bonds is 3. The van der Waals surface area contributed by atoms with Crippen LogP contribution in [0.4, 0.5) is 5.69 Å². The number of para-hydroxylation sites is 1. The summed E-state index contributed by atoms with van der Waals surface area (Å²) >= 11 is 0. The van der Waals surface area contributed by atoms with Crippen LogP contribution in [-0.4, -0.2) is 22.6 Å². The second-order valence-corrected chi connectivity index (χ2v) is 3.54. The van der Waals surface area contributed by atoms with E-state index in [0.29, 0.717) is 11.3 Å². The van der Waals surface area contributed by atoms with Crippen LogP contribution in [0.25, 0.3) is 5.69 Å². The number of nitro groups is 1. The van der Waals surface area contributed by atoms with E-state index in [9.17, 15) is 14.9 Å². The van der Waals surface area contributed by atoms with Crippen molar-refractivity contribution in [3.05, 3.63) is 58.4 Å². The van der Waals surface area contributed by atoms with Gasteiger partial charge in [0.05, 0.1) is 29.5 Å². The third-order valence-corrected chi connectivity index (χ3v) is 2.48. The number of ether oxygens (including phenoxy) is 1. The van der Waals surface area contributed by atoms with Gasteiger partial charge >= 0.3 is 5.97 Å². The largest absolute Gasteiger partial charge is 0.465 e. The predicted molar refractivity (Wildman–Crippen MR) is 63.8 cm³/mol. The highest BCUT2D eigenvalue weighted by atomic mass is 16.6. The summed E-state index contributed by atoms with van der Waals surface area (Å²) in [5, 5.41) is 10.6. The van der Waals surface area contributed by atoms with Gasteiger partial charge in [0.1, 0.15) is 0 Å². The number of nitrogens with zero attached hydrogens (tertiary/aromatic N) is 2. The van der Waals surface area contributed by atoms with Crippen molar-refractivity contribution in [3.8, 4) is 5.69 Å². The van der Waals surface area contributed by atoms with Gasteiger partial charge < -0.3 is 9.30 Å². The van der Waals surface area contributed by atoms with E-state index in [0.717, 1.165) is 0 Å². The summed E-state index contributed by atoms with van der Waals surface area (Å²) in [5.41, 5.74) is 0.859. The number of carbonyl (C=O) groups excluding carboxylic acids is 1. The van der Waals surface area contributed by atoms with Gasteiger partial charge in [-0.25, -0.2) is 4.79 Å². The zero-order valence-corrected chi connectivity index (χ0v) is 9.57. The molecule has 0 aliphatic heterocycles. The maximum Gasteiger partial charge on any atom is 0.339 e. The monoisotopic (exact) mass is 246 g/mol. The first-order valence-electron chi connectivity index (χ1n) is 5.13. The SMILES string of the molecule is COC(=O)c1ccccc1-n1ccc([N+](=O)[O-])c1. The molecule has 0 amide bonds. The lowest BCUT2D eigenvalue weighted by Gasteiger charge is -2.07. The van der Waals surface area contributed by atoms with E-state index in [-0.39, 0.29) is 5.69 Å². The third kappa shape index (κ3) is 2.08. The number of carbonyl (C=O) groups is 1. The molecule has 0 radical (unpaired) electrons. The van der Waals surface area contributed by atoms with Gasteiger partial charge in [-0.15, -0.1) is 0 Å². The maximum absolute atomic E-state index is 11.6. The van der Waals surface area contributed by atoms with Gasteiger partial charge in [-0.05, 0) is 12.1 Å². The van der Waals surface area contributed by atoms with Gasteiger partial charge in [-0.1, -0.05) is 12.1 Å². The summed E-state index contributed by atoms with van der Waals surface area (Å²) in [4.78, 5) is 21.7. The lowest BCUT2D eigenvalue weighted by Crippen LogP contribution is -2.06. The fourth-order valence-electron chi connectivity index (χ4n) is 1.62. The van der Waals surface area contributed by atoms with Crippen LogP contribution in [-0.2, 0) is 4.74 Å². The standard InChI is InChI=1S/C12H10N2O4/c1-18-12(15)10-4-2-3-5-11(10)13-7-6-9(8-13)14(16)17/h2-8H,1H3. The van der Waals surface area contributed by atoms with Crippen molar-refractivity contribution in [1.29, 1.82) is 0 Å². The molecule has 6 nitrogen and oxygen atoms in total. The first-order valence-corrected chi connectivity index (χ1v) is 5.13. The molecule has 92 valence electrons. The van der Waals surface area contributed by atoms with Crippen LogP contribution < -0.4 is 0 Å². The van der Waals surface area contributed by atoms with Gasteiger partial charge in [0, 0.05) is 12.3 Å². The zero-order chi connectivity index (χ0) is 13.1.